The first-order valence-electron chi connectivity index (χ1n) is 6.27. The van der Waals surface area contributed by atoms with Crippen molar-refractivity contribution in [2.24, 2.45) is 5.84 Å². The summed E-state index contributed by atoms with van der Waals surface area (Å²) in [4.78, 5) is 1.13. The monoisotopic (exact) mass is 294 g/mol. The molecule has 0 fully saturated rings. The van der Waals surface area contributed by atoms with E-state index in [-0.39, 0.29) is 6.04 Å². The summed E-state index contributed by atoms with van der Waals surface area (Å²) in [7, 11) is 0. The second kappa shape index (κ2) is 7.38. The molecule has 1 unspecified atom stereocenters. The van der Waals surface area contributed by atoms with Crippen molar-refractivity contribution in [3.63, 3.8) is 0 Å². The molecular weight excluding hydrogens is 278 g/mol. The van der Waals surface area contributed by atoms with E-state index in [1.54, 1.807) is 11.8 Å². The summed E-state index contributed by atoms with van der Waals surface area (Å²) in [5.41, 5.74) is 3.14. The fourth-order valence-electron chi connectivity index (χ4n) is 1.83. The van der Waals surface area contributed by atoms with Crippen LogP contribution in [-0.4, -0.2) is 11.8 Å². The minimum Gasteiger partial charge on any atom is -0.271 e. The third-order valence-corrected chi connectivity index (χ3v) is 4.09. The van der Waals surface area contributed by atoms with Crippen molar-refractivity contribution in [3.05, 3.63) is 65.7 Å². The lowest BCUT2D eigenvalue weighted by atomic mass is 10.1. The SMILES string of the molecule is NNC(CSc1ccccc1)Cc1ccc(F)cc1F. The molecule has 2 aromatic carbocycles. The third-order valence-electron chi connectivity index (χ3n) is 2.91. The maximum Gasteiger partial charge on any atom is 0.129 e. The molecule has 2 aromatic rings. The first kappa shape index (κ1) is 15.0. The van der Waals surface area contributed by atoms with Gasteiger partial charge in [0.2, 0.25) is 0 Å². The molecular formula is C15H16F2N2S. The van der Waals surface area contributed by atoms with E-state index < -0.39 is 11.6 Å². The van der Waals surface area contributed by atoms with E-state index in [0.29, 0.717) is 17.7 Å². The van der Waals surface area contributed by atoms with Crippen LogP contribution < -0.4 is 11.3 Å². The summed E-state index contributed by atoms with van der Waals surface area (Å²) in [6, 6.07) is 13.4. The molecule has 0 bridgehead atoms. The van der Waals surface area contributed by atoms with Crippen LogP contribution in [-0.2, 0) is 6.42 Å². The van der Waals surface area contributed by atoms with E-state index in [1.807, 2.05) is 30.3 Å². The Balaban J connectivity index is 1.95. The molecule has 2 nitrogen and oxygen atoms in total. The van der Waals surface area contributed by atoms with Gasteiger partial charge in [-0.05, 0) is 30.2 Å². The number of nitrogens with one attached hydrogen (secondary N) is 1. The quantitative estimate of drug-likeness (QED) is 0.488. The molecule has 0 aromatic heterocycles. The van der Waals surface area contributed by atoms with Crippen LogP contribution in [0.1, 0.15) is 5.56 Å². The summed E-state index contributed by atoms with van der Waals surface area (Å²) in [5, 5.41) is 0. The summed E-state index contributed by atoms with van der Waals surface area (Å²) >= 11 is 1.64. The van der Waals surface area contributed by atoms with Crippen LogP contribution in [0.5, 0.6) is 0 Å². The van der Waals surface area contributed by atoms with Gasteiger partial charge in [-0.15, -0.1) is 11.8 Å². The van der Waals surface area contributed by atoms with Crippen molar-refractivity contribution >= 4 is 11.8 Å². The molecule has 0 aliphatic heterocycles. The average Bonchev–Trinajstić information content (AvgIpc) is 2.46. The minimum absolute atomic E-state index is 0.0832. The van der Waals surface area contributed by atoms with E-state index >= 15 is 0 Å². The molecule has 0 spiro atoms. The van der Waals surface area contributed by atoms with Crippen molar-refractivity contribution in [2.75, 3.05) is 5.75 Å². The highest BCUT2D eigenvalue weighted by Crippen LogP contribution is 2.20. The molecule has 0 saturated carbocycles. The molecule has 0 saturated heterocycles. The highest BCUT2D eigenvalue weighted by molar-refractivity contribution is 7.99. The molecule has 1 atom stereocenters. The second-order valence-corrected chi connectivity index (χ2v) is 5.52. The molecule has 0 radical (unpaired) electrons. The molecule has 0 aliphatic rings. The first-order chi connectivity index (χ1) is 9.69. The van der Waals surface area contributed by atoms with E-state index in [4.69, 9.17) is 5.84 Å². The maximum absolute atomic E-state index is 13.6. The Morgan fingerprint density at radius 1 is 1.10 bits per heavy atom. The summed E-state index contributed by atoms with van der Waals surface area (Å²) in [6.45, 7) is 0. The second-order valence-electron chi connectivity index (χ2n) is 4.43. The number of thioether (sulfide) groups is 1. The number of halogens is 2. The zero-order valence-corrected chi connectivity index (χ0v) is 11.7. The third kappa shape index (κ3) is 4.30. The Kier molecular flexibility index (Phi) is 5.52. The lowest BCUT2D eigenvalue weighted by molar-refractivity contribution is 0.536. The van der Waals surface area contributed by atoms with Gasteiger partial charge in [0.25, 0.3) is 0 Å². The van der Waals surface area contributed by atoms with Gasteiger partial charge >= 0.3 is 0 Å². The van der Waals surface area contributed by atoms with Crippen molar-refractivity contribution in [1.82, 2.24) is 5.43 Å². The summed E-state index contributed by atoms with van der Waals surface area (Å²) in [5.74, 6) is 5.11. The Bertz CT molecular complexity index is 549. The van der Waals surface area contributed by atoms with E-state index in [9.17, 15) is 8.78 Å². The molecule has 5 heteroatoms. The lowest BCUT2D eigenvalue weighted by Gasteiger charge is -2.16. The van der Waals surface area contributed by atoms with Crippen molar-refractivity contribution in [1.29, 1.82) is 0 Å². The smallest absolute Gasteiger partial charge is 0.129 e. The van der Waals surface area contributed by atoms with E-state index in [2.05, 4.69) is 5.43 Å². The highest BCUT2D eigenvalue weighted by atomic mass is 32.2. The number of nitrogens with two attached hydrogens (primary N) is 1. The zero-order valence-electron chi connectivity index (χ0n) is 10.9. The topological polar surface area (TPSA) is 38.0 Å². The first-order valence-corrected chi connectivity index (χ1v) is 7.25. The standard InChI is InChI=1S/C15H16F2N2S/c16-12-7-6-11(15(17)9-12)8-13(19-18)10-20-14-4-2-1-3-5-14/h1-7,9,13,19H,8,10,18H2. The Hall–Kier alpha value is -1.43. The predicted molar refractivity (Wildman–Crippen MR) is 78.3 cm³/mol. The fourth-order valence-corrected chi connectivity index (χ4v) is 2.79. The molecule has 106 valence electrons. The van der Waals surface area contributed by atoms with Crippen molar-refractivity contribution in [2.45, 2.75) is 17.4 Å². The fraction of sp³-hybridized carbons (Fsp3) is 0.200. The van der Waals surface area contributed by atoms with Gasteiger partial charge in [-0.2, -0.15) is 0 Å². The maximum atomic E-state index is 13.6. The predicted octanol–water partition coefficient (Wildman–Crippen LogP) is 3.13. The van der Waals surface area contributed by atoms with Crippen molar-refractivity contribution < 1.29 is 8.78 Å². The Morgan fingerprint density at radius 2 is 1.85 bits per heavy atom. The largest absolute Gasteiger partial charge is 0.271 e. The highest BCUT2D eigenvalue weighted by Gasteiger charge is 2.12. The summed E-state index contributed by atoms with van der Waals surface area (Å²) < 4.78 is 26.4. The normalized spacial score (nSPS) is 12.3. The van der Waals surface area contributed by atoms with E-state index in [0.717, 1.165) is 11.0 Å². The van der Waals surface area contributed by atoms with Gasteiger partial charge in [0.15, 0.2) is 0 Å². The average molecular weight is 294 g/mol. The number of benzene rings is 2. The summed E-state index contributed by atoms with van der Waals surface area (Å²) in [6.07, 6.45) is 0.419. The van der Waals surface area contributed by atoms with Crippen LogP contribution in [0.25, 0.3) is 0 Å². The van der Waals surface area contributed by atoms with Gasteiger partial charge < -0.3 is 0 Å². The molecule has 0 aliphatic carbocycles. The number of hydrogen-bond donors (Lipinski definition) is 2. The zero-order chi connectivity index (χ0) is 14.4. The molecule has 0 amide bonds. The number of hydrogen-bond acceptors (Lipinski definition) is 3. The van der Waals surface area contributed by atoms with Gasteiger partial charge in [-0.1, -0.05) is 24.3 Å². The Labute approximate surface area is 121 Å². The number of hydrazine groups is 1. The number of rotatable bonds is 6. The van der Waals surface area contributed by atoms with Gasteiger partial charge in [-0.3, -0.25) is 11.3 Å². The van der Waals surface area contributed by atoms with E-state index in [1.165, 1.54) is 12.1 Å². The van der Waals surface area contributed by atoms with Crippen LogP contribution in [0, 0.1) is 11.6 Å². The van der Waals surface area contributed by atoms with Crippen LogP contribution in [0.2, 0.25) is 0 Å². The van der Waals surface area contributed by atoms with Crippen molar-refractivity contribution in [3.8, 4) is 0 Å². The van der Waals surface area contributed by atoms with Crippen LogP contribution in [0.3, 0.4) is 0 Å². The van der Waals surface area contributed by atoms with Gasteiger partial charge in [-0.25, -0.2) is 8.78 Å². The molecule has 3 N–H and O–H groups in total. The minimum atomic E-state index is -0.567. The molecule has 20 heavy (non-hydrogen) atoms. The van der Waals surface area contributed by atoms with Gasteiger partial charge in [0, 0.05) is 22.8 Å². The van der Waals surface area contributed by atoms with Crippen LogP contribution >= 0.6 is 11.8 Å². The van der Waals surface area contributed by atoms with Crippen LogP contribution in [0.15, 0.2) is 53.4 Å². The Morgan fingerprint density at radius 3 is 2.50 bits per heavy atom. The molecule has 0 heterocycles. The van der Waals surface area contributed by atoms with Gasteiger partial charge in [0.05, 0.1) is 0 Å². The molecule has 2 rings (SSSR count). The lowest BCUT2D eigenvalue weighted by Crippen LogP contribution is -2.38. The van der Waals surface area contributed by atoms with Crippen LogP contribution in [0.4, 0.5) is 8.78 Å². The van der Waals surface area contributed by atoms with Gasteiger partial charge in [0.1, 0.15) is 11.6 Å².